The Morgan fingerprint density at radius 3 is 1.88 bits per heavy atom. The lowest BCUT2D eigenvalue weighted by atomic mass is 10.0. The molecule has 1 N–H and O–H groups in total. The van der Waals surface area contributed by atoms with E-state index in [4.69, 9.17) is 0 Å². The topological polar surface area (TPSA) is 55.1 Å². The highest BCUT2D eigenvalue weighted by molar-refractivity contribution is 5.87. The van der Waals surface area contributed by atoms with Crippen molar-refractivity contribution in [3.05, 3.63) is 96.7 Å². The van der Waals surface area contributed by atoms with Crippen LogP contribution >= 0.6 is 0 Å². The van der Waals surface area contributed by atoms with Crippen molar-refractivity contribution in [1.29, 1.82) is 0 Å². The predicted molar refractivity (Wildman–Crippen MR) is 101 cm³/mol. The summed E-state index contributed by atoms with van der Waals surface area (Å²) in [7, 11) is 0. The van der Waals surface area contributed by atoms with Crippen molar-refractivity contribution in [2.24, 2.45) is 0 Å². The molecule has 1 heterocycles. The van der Waals surface area contributed by atoms with Crippen molar-refractivity contribution in [2.75, 3.05) is 0 Å². The Morgan fingerprint density at radius 1 is 0.731 bits per heavy atom. The van der Waals surface area contributed by atoms with Crippen LogP contribution < -0.4 is 0 Å². The molecule has 0 fully saturated rings. The van der Waals surface area contributed by atoms with Crippen LogP contribution in [0.4, 0.5) is 0 Å². The van der Waals surface area contributed by atoms with E-state index in [0.717, 1.165) is 28.1 Å². The molecule has 0 saturated heterocycles. The smallest absolute Gasteiger partial charge is 0.356 e. The number of hydrogen-bond donors (Lipinski definition) is 1. The summed E-state index contributed by atoms with van der Waals surface area (Å²) in [5.74, 6) is -1.04. The van der Waals surface area contributed by atoms with E-state index in [-0.39, 0.29) is 5.69 Å². The SMILES string of the molecule is O=C(O)c1cc(-c2ccc(-c3ccccc3)cc2)n(-c2ccccc2)n1. The zero-order chi connectivity index (χ0) is 17.9. The molecule has 0 aliphatic heterocycles. The number of aromatic carboxylic acids is 1. The third-order valence-corrected chi connectivity index (χ3v) is 4.22. The quantitative estimate of drug-likeness (QED) is 0.574. The molecule has 0 atom stereocenters. The molecule has 0 amide bonds. The van der Waals surface area contributed by atoms with Gasteiger partial charge in [-0.15, -0.1) is 0 Å². The lowest BCUT2D eigenvalue weighted by Gasteiger charge is -2.08. The average Bonchev–Trinajstić information content (AvgIpc) is 3.15. The summed E-state index contributed by atoms with van der Waals surface area (Å²) in [4.78, 5) is 11.4. The van der Waals surface area contributed by atoms with E-state index in [1.807, 2.05) is 72.8 Å². The van der Waals surface area contributed by atoms with E-state index >= 15 is 0 Å². The first-order chi connectivity index (χ1) is 12.7. The maximum atomic E-state index is 11.4. The first-order valence-electron chi connectivity index (χ1n) is 8.27. The van der Waals surface area contributed by atoms with Crippen LogP contribution in [0.25, 0.3) is 28.1 Å². The zero-order valence-electron chi connectivity index (χ0n) is 13.9. The van der Waals surface area contributed by atoms with Crippen molar-refractivity contribution in [2.45, 2.75) is 0 Å². The summed E-state index contributed by atoms with van der Waals surface area (Å²) in [5.41, 5.74) is 4.75. The summed E-state index contributed by atoms with van der Waals surface area (Å²) in [5, 5.41) is 13.6. The summed E-state index contributed by atoms with van der Waals surface area (Å²) in [6.07, 6.45) is 0. The summed E-state index contributed by atoms with van der Waals surface area (Å²) in [6.45, 7) is 0. The molecule has 1 aromatic heterocycles. The second-order valence-electron chi connectivity index (χ2n) is 5.91. The van der Waals surface area contributed by atoms with E-state index in [2.05, 4.69) is 17.2 Å². The van der Waals surface area contributed by atoms with Crippen molar-refractivity contribution in [3.8, 4) is 28.1 Å². The zero-order valence-corrected chi connectivity index (χ0v) is 13.9. The standard InChI is InChI=1S/C22H16N2O2/c25-22(26)20-15-21(24(23-20)19-9-5-2-6-10-19)18-13-11-17(12-14-18)16-7-3-1-4-8-16/h1-15H,(H,25,26). The van der Waals surface area contributed by atoms with Crippen LogP contribution in [-0.2, 0) is 0 Å². The van der Waals surface area contributed by atoms with E-state index < -0.39 is 5.97 Å². The van der Waals surface area contributed by atoms with Gasteiger partial charge in [0.1, 0.15) is 0 Å². The number of carboxylic acid groups (broad SMARTS) is 1. The van der Waals surface area contributed by atoms with Crippen LogP contribution in [0.3, 0.4) is 0 Å². The second kappa shape index (κ2) is 6.69. The Morgan fingerprint density at radius 2 is 1.27 bits per heavy atom. The van der Waals surface area contributed by atoms with Crippen molar-refractivity contribution < 1.29 is 9.90 Å². The monoisotopic (exact) mass is 340 g/mol. The van der Waals surface area contributed by atoms with Gasteiger partial charge in [0, 0.05) is 5.56 Å². The Balaban J connectivity index is 1.79. The maximum absolute atomic E-state index is 11.4. The van der Waals surface area contributed by atoms with Gasteiger partial charge in [0.2, 0.25) is 0 Å². The van der Waals surface area contributed by atoms with Gasteiger partial charge in [0.25, 0.3) is 0 Å². The van der Waals surface area contributed by atoms with E-state index in [0.29, 0.717) is 0 Å². The van der Waals surface area contributed by atoms with Gasteiger partial charge in [-0.1, -0.05) is 72.8 Å². The molecule has 0 unspecified atom stereocenters. The average molecular weight is 340 g/mol. The van der Waals surface area contributed by atoms with Gasteiger partial charge >= 0.3 is 5.97 Å². The Labute approximate surface area is 151 Å². The molecule has 4 nitrogen and oxygen atoms in total. The number of rotatable bonds is 4. The minimum absolute atomic E-state index is 0.0241. The molecule has 126 valence electrons. The van der Waals surface area contributed by atoms with Gasteiger partial charge in [-0.05, 0) is 29.3 Å². The number of nitrogens with zero attached hydrogens (tertiary/aromatic N) is 2. The minimum Gasteiger partial charge on any atom is -0.476 e. The van der Waals surface area contributed by atoms with Gasteiger partial charge in [-0.3, -0.25) is 0 Å². The molecule has 0 spiro atoms. The van der Waals surface area contributed by atoms with Gasteiger partial charge in [0.15, 0.2) is 5.69 Å². The Hall–Kier alpha value is -3.66. The molecule has 0 saturated carbocycles. The molecular weight excluding hydrogens is 324 g/mol. The number of carboxylic acids is 1. The Bertz CT molecular complexity index is 1040. The van der Waals surface area contributed by atoms with E-state index in [1.54, 1.807) is 10.7 Å². The fourth-order valence-electron chi connectivity index (χ4n) is 2.92. The van der Waals surface area contributed by atoms with Crippen molar-refractivity contribution in [3.63, 3.8) is 0 Å². The first kappa shape index (κ1) is 15.8. The van der Waals surface area contributed by atoms with Crippen LogP contribution in [0.15, 0.2) is 91.0 Å². The summed E-state index contributed by atoms with van der Waals surface area (Å²) >= 11 is 0. The molecule has 0 radical (unpaired) electrons. The number of hydrogen-bond acceptors (Lipinski definition) is 2. The highest BCUT2D eigenvalue weighted by Crippen LogP contribution is 2.27. The highest BCUT2D eigenvalue weighted by Gasteiger charge is 2.15. The van der Waals surface area contributed by atoms with Gasteiger partial charge in [0.05, 0.1) is 11.4 Å². The molecule has 3 aromatic carbocycles. The van der Waals surface area contributed by atoms with E-state index in [1.165, 1.54) is 0 Å². The van der Waals surface area contributed by atoms with Gasteiger partial charge < -0.3 is 5.11 Å². The van der Waals surface area contributed by atoms with Crippen LogP contribution in [-0.4, -0.2) is 20.9 Å². The maximum Gasteiger partial charge on any atom is 0.356 e. The molecule has 0 aliphatic carbocycles. The number of para-hydroxylation sites is 1. The lowest BCUT2D eigenvalue weighted by Crippen LogP contribution is -2.02. The van der Waals surface area contributed by atoms with Crippen LogP contribution in [0, 0.1) is 0 Å². The molecule has 0 aliphatic rings. The molecule has 4 heteroatoms. The van der Waals surface area contributed by atoms with Crippen molar-refractivity contribution >= 4 is 5.97 Å². The largest absolute Gasteiger partial charge is 0.476 e. The molecular formula is C22H16N2O2. The third kappa shape index (κ3) is 3.00. The number of carbonyl (C=O) groups is 1. The number of aromatic nitrogens is 2. The first-order valence-corrected chi connectivity index (χ1v) is 8.27. The number of benzene rings is 3. The second-order valence-corrected chi connectivity index (χ2v) is 5.91. The predicted octanol–water partition coefficient (Wildman–Crippen LogP) is 4.90. The summed E-state index contributed by atoms with van der Waals surface area (Å²) < 4.78 is 1.67. The van der Waals surface area contributed by atoms with Gasteiger partial charge in [-0.25, -0.2) is 9.48 Å². The van der Waals surface area contributed by atoms with E-state index in [9.17, 15) is 9.90 Å². The fraction of sp³-hybridized carbons (Fsp3) is 0. The van der Waals surface area contributed by atoms with Crippen molar-refractivity contribution in [1.82, 2.24) is 9.78 Å². The van der Waals surface area contributed by atoms with Crippen LogP contribution in [0.1, 0.15) is 10.5 Å². The van der Waals surface area contributed by atoms with Crippen LogP contribution in [0.2, 0.25) is 0 Å². The normalized spacial score (nSPS) is 10.6. The highest BCUT2D eigenvalue weighted by atomic mass is 16.4. The summed E-state index contributed by atoms with van der Waals surface area (Å²) in [6, 6.07) is 29.3. The third-order valence-electron chi connectivity index (χ3n) is 4.22. The Kier molecular flexibility index (Phi) is 4.07. The molecule has 4 rings (SSSR count). The van der Waals surface area contributed by atoms with Crippen LogP contribution in [0.5, 0.6) is 0 Å². The van der Waals surface area contributed by atoms with Gasteiger partial charge in [-0.2, -0.15) is 5.10 Å². The molecule has 0 bridgehead atoms. The lowest BCUT2D eigenvalue weighted by molar-refractivity contribution is 0.0690. The molecule has 4 aromatic rings. The fourth-order valence-corrected chi connectivity index (χ4v) is 2.92. The molecule has 26 heavy (non-hydrogen) atoms. The minimum atomic E-state index is -1.04.